The molecule has 3 saturated carbocycles. The Morgan fingerprint density at radius 2 is 2.00 bits per heavy atom. The maximum atomic E-state index is 15.2. The average molecular weight is 374 g/mol. The number of allylic oxidation sites excluding steroid dienone is 2. The molecule has 4 aliphatic carbocycles. The third-order valence-corrected chi connectivity index (χ3v) is 7.97. The zero-order valence-electron chi connectivity index (χ0n) is 16.2. The second-order valence-corrected chi connectivity index (χ2v) is 9.23. The molecule has 0 radical (unpaired) electrons. The number of carbonyl (C=O) groups is 3. The van der Waals surface area contributed by atoms with E-state index < -0.39 is 23.0 Å². The van der Waals surface area contributed by atoms with Gasteiger partial charge in [0.2, 0.25) is 0 Å². The smallest absolute Gasteiger partial charge is 0.330 e. The maximum absolute atomic E-state index is 15.2. The number of alkyl halides is 1. The maximum Gasteiger partial charge on any atom is 0.330 e. The van der Waals surface area contributed by atoms with Crippen LogP contribution in [0.15, 0.2) is 23.3 Å². The first-order valence-corrected chi connectivity index (χ1v) is 9.91. The number of Topliss-reactive ketones (excluding diaryl/α,β-unsaturated/α-hetero) is 1. The highest BCUT2D eigenvalue weighted by molar-refractivity contribution is 5.93. The van der Waals surface area contributed by atoms with Gasteiger partial charge in [-0.05, 0) is 54.6 Å². The van der Waals surface area contributed by atoms with Crippen molar-refractivity contribution in [2.75, 3.05) is 7.11 Å². The Morgan fingerprint density at radius 1 is 1.26 bits per heavy atom. The van der Waals surface area contributed by atoms with Crippen molar-refractivity contribution in [1.29, 1.82) is 0 Å². The highest BCUT2D eigenvalue weighted by Gasteiger charge is 2.62. The number of fused-ring (bicyclic) bond motifs is 5. The van der Waals surface area contributed by atoms with Crippen molar-refractivity contribution < 1.29 is 23.5 Å². The van der Waals surface area contributed by atoms with Gasteiger partial charge in [0.05, 0.1) is 7.11 Å². The summed E-state index contributed by atoms with van der Waals surface area (Å²) in [4.78, 5) is 37.0. The molecule has 0 aromatic heterocycles. The van der Waals surface area contributed by atoms with E-state index in [1.54, 1.807) is 0 Å². The van der Waals surface area contributed by atoms with Gasteiger partial charge in [0, 0.05) is 30.3 Å². The molecule has 0 unspecified atom stereocenters. The van der Waals surface area contributed by atoms with Crippen molar-refractivity contribution in [3.05, 3.63) is 23.3 Å². The molecular weight excluding hydrogens is 347 g/mol. The van der Waals surface area contributed by atoms with Crippen LogP contribution in [-0.2, 0) is 19.1 Å². The summed E-state index contributed by atoms with van der Waals surface area (Å²) in [5, 5.41) is 0. The van der Waals surface area contributed by atoms with Gasteiger partial charge in [-0.15, -0.1) is 0 Å². The Kier molecular flexibility index (Phi) is 4.21. The van der Waals surface area contributed by atoms with Crippen molar-refractivity contribution in [3.8, 4) is 0 Å². The Labute approximate surface area is 159 Å². The molecular formula is C22H27FO4. The fourth-order valence-electron chi connectivity index (χ4n) is 6.68. The predicted octanol–water partition coefficient (Wildman–Crippen LogP) is 3.74. The molecule has 4 rings (SSSR count). The van der Waals surface area contributed by atoms with E-state index in [1.165, 1.54) is 19.3 Å². The fraction of sp³-hybridized carbons (Fsp3) is 0.682. The van der Waals surface area contributed by atoms with Gasteiger partial charge in [0.1, 0.15) is 12.0 Å². The predicted molar refractivity (Wildman–Crippen MR) is 97.5 cm³/mol. The summed E-state index contributed by atoms with van der Waals surface area (Å²) in [5.41, 5.74) is 0.560. The van der Waals surface area contributed by atoms with Crippen LogP contribution >= 0.6 is 0 Å². The first-order valence-electron chi connectivity index (χ1n) is 9.91. The molecule has 0 aromatic rings. The molecule has 0 spiro atoms. The van der Waals surface area contributed by atoms with E-state index in [-0.39, 0.29) is 29.3 Å². The fourth-order valence-corrected chi connectivity index (χ4v) is 6.68. The lowest BCUT2D eigenvalue weighted by atomic mass is 9.46. The van der Waals surface area contributed by atoms with Crippen LogP contribution in [0, 0.1) is 28.6 Å². The monoisotopic (exact) mass is 374 g/mol. The number of methoxy groups -OCH3 is 1. The van der Waals surface area contributed by atoms with Gasteiger partial charge >= 0.3 is 5.97 Å². The van der Waals surface area contributed by atoms with Crippen LogP contribution in [0.3, 0.4) is 0 Å². The van der Waals surface area contributed by atoms with Crippen molar-refractivity contribution in [2.24, 2.45) is 28.6 Å². The van der Waals surface area contributed by atoms with Gasteiger partial charge in [-0.3, -0.25) is 9.59 Å². The number of hydrogen-bond acceptors (Lipinski definition) is 4. The molecule has 0 aliphatic heterocycles. The molecule has 4 nitrogen and oxygen atoms in total. The zero-order chi connectivity index (χ0) is 19.6. The third-order valence-electron chi connectivity index (χ3n) is 7.97. The van der Waals surface area contributed by atoms with Crippen molar-refractivity contribution in [1.82, 2.24) is 0 Å². The van der Waals surface area contributed by atoms with Gasteiger partial charge in [0.15, 0.2) is 5.78 Å². The minimum absolute atomic E-state index is 0.0270. The topological polar surface area (TPSA) is 60.4 Å². The van der Waals surface area contributed by atoms with Crippen molar-refractivity contribution >= 4 is 17.5 Å². The first-order chi connectivity index (χ1) is 12.7. The summed E-state index contributed by atoms with van der Waals surface area (Å²) in [6, 6.07) is 0. The van der Waals surface area contributed by atoms with Crippen LogP contribution in [0.2, 0.25) is 0 Å². The van der Waals surface area contributed by atoms with E-state index in [1.807, 2.05) is 6.92 Å². The molecule has 0 heterocycles. The number of ether oxygens (including phenoxy) is 1. The van der Waals surface area contributed by atoms with Gasteiger partial charge in [0.25, 0.3) is 0 Å². The van der Waals surface area contributed by atoms with E-state index in [0.717, 1.165) is 18.4 Å². The number of rotatable bonds is 1. The van der Waals surface area contributed by atoms with Gasteiger partial charge in [-0.25, -0.2) is 9.18 Å². The quantitative estimate of drug-likeness (QED) is 0.518. The second kappa shape index (κ2) is 6.11. The van der Waals surface area contributed by atoms with E-state index in [9.17, 15) is 14.4 Å². The summed E-state index contributed by atoms with van der Waals surface area (Å²) >= 11 is 0. The molecule has 0 N–H and O–H groups in total. The SMILES string of the molecule is COC(=O)/C=C1\CC[C@@H]2[C@H]3C[C@H](F)C4=CC(=O)CC[C@]4(C)[C@@H]3C(=O)C[C@@]12C. The van der Waals surface area contributed by atoms with Crippen LogP contribution in [0.1, 0.15) is 52.4 Å². The Morgan fingerprint density at radius 3 is 2.70 bits per heavy atom. The van der Waals surface area contributed by atoms with Crippen molar-refractivity contribution in [3.63, 3.8) is 0 Å². The Balaban J connectivity index is 1.75. The standard InChI is InChI=1S/C22H27FO4/c1-21-7-6-13(24)9-16(21)17(23)10-14-15-5-4-12(8-19(26)27-3)22(15,2)11-18(25)20(14)21/h8-9,14-15,17,20H,4-7,10-11H2,1-3H3/b12-8+/t14-,15-,17+,20+,21+,22+/m1/s1. The van der Waals surface area contributed by atoms with E-state index in [2.05, 4.69) is 6.92 Å². The van der Waals surface area contributed by atoms with Crippen LogP contribution < -0.4 is 0 Å². The lowest BCUT2D eigenvalue weighted by molar-refractivity contribution is -0.145. The first kappa shape index (κ1) is 18.6. The summed E-state index contributed by atoms with van der Waals surface area (Å²) in [6.07, 6.45) is 5.10. The van der Waals surface area contributed by atoms with Gasteiger partial charge in [-0.1, -0.05) is 19.4 Å². The Bertz CT molecular complexity index is 781. The van der Waals surface area contributed by atoms with E-state index in [4.69, 9.17) is 4.74 Å². The van der Waals surface area contributed by atoms with Gasteiger partial charge < -0.3 is 4.74 Å². The number of halogens is 1. The molecule has 6 atom stereocenters. The minimum atomic E-state index is -1.16. The van der Waals surface area contributed by atoms with Crippen LogP contribution in [0.5, 0.6) is 0 Å². The number of hydrogen-bond donors (Lipinski definition) is 0. The molecule has 0 amide bonds. The highest BCUT2D eigenvalue weighted by atomic mass is 19.1. The highest BCUT2D eigenvalue weighted by Crippen LogP contribution is 2.65. The summed E-state index contributed by atoms with van der Waals surface area (Å²) in [5.74, 6) is -0.335. The third kappa shape index (κ3) is 2.57. The van der Waals surface area contributed by atoms with E-state index >= 15 is 4.39 Å². The molecule has 5 heteroatoms. The summed E-state index contributed by atoms with van der Waals surface area (Å²) in [7, 11) is 1.35. The molecule has 0 saturated heterocycles. The van der Waals surface area contributed by atoms with Crippen LogP contribution in [-0.4, -0.2) is 30.8 Å². The molecule has 4 aliphatic rings. The van der Waals surface area contributed by atoms with Crippen LogP contribution in [0.25, 0.3) is 0 Å². The second-order valence-electron chi connectivity index (χ2n) is 9.23. The summed E-state index contributed by atoms with van der Waals surface area (Å²) in [6.45, 7) is 4.04. The average Bonchev–Trinajstić information content (AvgIpc) is 2.92. The van der Waals surface area contributed by atoms with Crippen LogP contribution in [0.4, 0.5) is 4.39 Å². The largest absolute Gasteiger partial charge is 0.466 e. The van der Waals surface area contributed by atoms with E-state index in [0.29, 0.717) is 31.3 Å². The molecule has 27 heavy (non-hydrogen) atoms. The zero-order valence-corrected chi connectivity index (χ0v) is 16.2. The number of carbonyl (C=O) groups excluding carboxylic acids is 3. The molecule has 3 fully saturated rings. The molecule has 0 aromatic carbocycles. The lowest BCUT2D eigenvalue weighted by Gasteiger charge is -2.57. The lowest BCUT2D eigenvalue weighted by Crippen LogP contribution is -2.56. The Hall–Kier alpha value is -1.78. The van der Waals surface area contributed by atoms with Crippen molar-refractivity contribution in [2.45, 2.75) is 58.5 Å². The van der Waals surface area contributed by atoms with Gasteiger partial charge in [-0.2, -0.15) is 0 Å². The summed E-state index contributed by atoms with van der Waals surface area (Å²) < 4.78 is 19.9. The minimum Gasteiger partial charge on any atom is -0.466 e. The normalized spacial score (nSPS) is 45.0. The number of ketones is 2. The number of esters is 1. The molecule has 0 bridgehead atoms. The molecule has 146 valence electrons.